The van der Waals surface area contributed by atoms with E-state index < -0.39 is 29.4 Å². The third-order valence-electron chi connectivity index (χ3n) is 3.10. The van der Waals surface area contributed by atoms with Crippen LogP contribution in [0.2, 0.25) is 0 Å². The van der Waals surface area contributed by atoms with Gasteiger partial charge in [0.25, 0.3) is 0 Å². The molecule has 0 amide bonds. The first-order valence-electron chi connectivity index (χ1n) is 3.93. The van der Waals surface area contributed by atoms with Gasteiger partial charge in [-0.05, 0) is 13.1 Å². The molecule has 1 saturated heterocycles. The van der Waals surface area contributed by atoms with Gasteiger partial charge in [0.1, 0.15) is 0 Å². The predicted octanol–water partition coefficient (Wildman–Crippen LogP) is 0.469. The zero-order valence-corrected chi connectivity index (χ0v) is 6.56. The Kier molecular flexibility index (Phi) is 1.47. The standard InChI is InChI=1S/C7H8F3NO2/c8-7(9,10)6(5(12)13)3-1-11-2-4(3)6/h3-4,11H,1-2H2,(H,12,13). The van der Waals surface area contributed by atoms with Crippen molar-refractivity contribution in [3.8, 4) is 0 Å². The Balaban J connectivity index is 2.32. The van der Waals surface area contributed by atoms with Crippen molar-refractivity contribution in [3.63, 3.8) is 0 Å². The predicted molar refractivity (Wildman–Crippen MR) is 36.0 cm³/mol. The number of hydrogen-bond acceptors (Lipinski definition) is 2. The molecule has 0 bridgehead atoms. The van der Waals surface area contributed by atoms with E-state index in [0.29, 0.717) is 0 Å². The maximum absolute atomic E-state index is 12.5. The summed E-state index contributed by atoms with van der Waals surface area (Å²) < 4.78 is 37.4. The number of nitrogens with one attached hydrogen (secondary N) is 1. The fourth-order valence-electron chi connectivity index (χ4n) is 2.40. The number of carbonyl (C=O) groups is 1. The molecule has 2 aliphatic rings. The fraction of sp³-hybridized carbons (Fsp3) is 0.857. The van der Waals surface area contributed by atoms with Gasteiger partial charge in [0.2, 0.25) is 0 Å². The molecule has 0 radical (unpaired) electrons. The number of alkyl halides is 3. The minimum absolute atomic E-state index is 0.163. The maximum atomic E-state index is 12.5. The largest absolute Gasteiger partial charge is 0.481 e. The zero-order valence-electron chi connectivity index (χ0n) is 6.56. The van der Waals surface area contributed by atoms with E-state index in [1.54, 1.807) is 0 Å². The van der Waals surface area contributed by atoms with Crippen molar-refractivity contribution in [2.75, 3.05) is 13.1 Å². The normalized spacial score (nSPS) is 43.0. The van der Waals surface area contributed by atoms with Crippen LogP contribution in [-0.2, 0) is 4.79 Å². The van der Waals surface area contributed by atoms with Crippen molar-refractivity contribution in [2.45, 2.75) is 6.18 Å². The number of hydrogen-bond donors (Lipinski definition) is 2. The molecular formula is C7H8F3NO2. The van der Waals surface area contributed by atoms with Gasteiger partial charge >= 0.3 is 12.1 Å². The SMILES string of the molecule is O=C(O)C1(C(F)(F)F)C2CNCC21. The molecule has 2 unspecified atom stereocenters. The molecule has 0 aromatic carbocycles. The summed E-state index contributed by atoms with van der Waals surface area (Å²) in [5, 5.41) is 11.3. The molecule has 1 aliphatic carbocycles. The Morgan fingerprint density at radius 2 is 1.85 bits per heavy atom. The van der Waals surface area contributed by atoms with Crippen molar-refractivity contribution >= 4 is 5.97 Å². The van der Waals surface area contributed by atoms with E-state index in [9.17, 15) is 18.0 Å². The summed E-state index contributed by atoms with van der Waals surface area (Å²) in [6, 6.07) is 0. The molecule has 2 rings (SSSR count). The quantitative estimate of drug-likeness (QED) is 0.639. The Morgan fingerprint density at radius 1 is 1.38 bits per heavy atom. The number of aliphatic carboxylic acids is 1. The summed E-state index contributed by atoms with van der Waals surface area (Å²) in [4.78, 5) is 10.6. The Hall–Kier alpha value is -0.780. The molecular weight excluding hydrogens is 187 g/mol. The summed E-state index contributed by atoms with van der Waals surface area (Å²) in [7, 11) is 0. The molecule has 1 heterocycles. The van der Waals surface area contributed by atoms with Gasteiger partial charge < -0.3 is 10.4 Å². The second kappa shape index (κ2) is 2.17. The summed E-state index contributed by atoms with van der Waals surface area (Å²) in [6.45, 7) is 0.326. The zero-order chi connectivity index (χ0) is 9.85. The van der Waals surface area contributed by atoms with Gasteiger partial charge in [-0.15, -0.1) is 0 Å². The molecule has 1 aliphatic heterocycles. The van der Waals surface area contributed by atoms with E-state index in [-0.39, 0.29) is 13.1 Å². The highest BCUT2D eigenvalue weighted by Gasteiger charge is 2.83. The van der Waals surface area contributed by atoms with Gasteiger partial charge in [-0.25, -0.2) is 0 Å². The van der Waals surface area contributed by atoms with Crippen molar-refractivity contribution in [1.82, 2.24) is 5.32 Å². The van der Waals surface area contributed by atoms with E-state index in [4.69, 9.17) is 5.11 Å². The van der Waals surface area contributed by atoms with Crippen molar-refractivity contribution in [3.05, 3.63) is 0 Å². The van der Waals surface area contributed by atoms with Crippen LogP contribution in [0.15, 0.2) is 0 Å². The molecule has 74 valence electrons. The van der Waals surface area contributed by atoms with Gasteiger partial charge in [-0.3, -0.25) is 4.79 Å². The highest BCUT2D eigenvalue weighted by molar-refractivity contribution is 5.81. The number of rotatable bonds is 1. The average molecular weight is 195 g/mol. The fourth-order valence-corrected chi connectivity index (χ4v) is 2.40. The van der Waals surface area contributed by atoms with Crippen molar-refractivity contribution in [1.29, 1.82) is 0 Å². The van der Waals surface area contributed by atoms with Crippen molar-refractivity contribution in [2.24, 2.45) is 17.3 Å². The van der Waals surface area contributed by atoms with Crippen LogP contribution < -0.4 is 5.32 Å². The second-order valence-corrected chi connectivity index (χ2v) is 3.54. The van der Waals surface area contributed by atoms with E-state index in [2.05, 4.69) is 5.32 Å². The smallest absolute Gasteiger partial charge is 0.405 e. The maximum Gasteiger partial charge on any atom is 0.405 e. The third kappa shape index (κ3) is 0.815. The van der Waals surface area contributed by atoms with Crippen LogP contribution in [0.25, 0.3) is 0 Å². The molecule has 13 heavy (non-hydrogen) atoms. The molecule has 6 heteroatoms. The van der Waals surface area contributed by atoms with Gasteiger partial charge in [0, 0.05) is 11.8 Å². The lowest BCUT2D eigenvalue weighted by atomic mass is 10.00. The van der Waals surface area contributed by atoms with Crippen LogP contribution in [0.3, 0.4) is 0 Å². The first-order valence-corrected chi connectivity index (χ1v) is 3.93. The van der Waals surface area contributed by atoms with Gasteiger partial charge in [0.05, 0.1) is 0 Å². The minimum atomic E-state index is -4.61. The lowest BCUT2D eigenvalue weighted by Crippen LogP contribution is -2.40. The van der Waals surface area contributed by atoms with Crippen LogP contribution in [0.5, 0.6) is 0 Å². The molecule has 0 aromatic rings. The monoisotopic (exact) mass is 195 g/mol. The minimum Gasteiger partial charge on any atom is -0.481 e. The van der Waals surface area contributed by atoms with Crippen LogP contribution in [0.4, 0.5) is 13.2 Å². The Bertz CT molecular complexity index is 253. The van der Waals surface area contributed by atoms with E-state index in [1.807, 2.05) is 0 Å². The Morgan fingerprint density at radius 3 is 2.08 bits per heavy atom. The molecule has 0 spiro atoms. The summed E-state index contributed by atoms with van der Waals surface area (Å²) >= 11 is 0. The molecule has 2 atom stereocenters. The first-order chi connectivity index (χ1) is 5.92. The molecule has 2 N–H and O–H groups in total. The van der Waals surface area contributed by atoms with Gasteiger partial charge in [-0.2, -0.15) is 13.2 Å². The number of carboxylic acids is 1. The van der Waals surface area contributed by atoms with Gasteiger partial charge in [-0.1, -0.05) is 0 Å². The highest BCUT2D eigenvalue weighted by Crippen LogP contribution is 2.68. The first kappa shape index (κ1) is 8.80. The summed E-state index contributed by atoms with van der Waals surface area (Å²) in [5.74, 6) is -3.24. The average Bonchev–Trinajstić information content (AvgIpc) is 2.37. The van der Waals surface area contributed by atoms with Crippen molar-refractivity contribution < 1.29 is 23.1 Å². The van der Waals surface area contributed by atoms with Crippen LogP contribution in [-0.4, -0.2) is 30.3 Å². The molecule has 2 fully saturated rings. The molecule has 3 nitrogen and oxygen atoms in total. The van der Waals surface area contributed by atoms with Crippen LogP contribution in [0.1, 0.15) is 0 Å². The molecule has 0 aromatic heterocycles. The highest BCUT2D eigenvalue weighted by atomic mass is 19.4. The summed E-state index contributed by atoms with van der Waals surface area (Å²) in [6.07, 6.45) is -4.61. The lowest BCUT2D eigenvalue weighted by molar-refractivity contribution is -0.210. The van der Waals surface area contributed by atoms with Crippen LogP contribution >= 0.6 is 0 Å². The topological polar surface area (TPSA) is 49.3 Å². The number of piperidine rings is 1. The lowest BCUT2D eigenvalue weighted by Gasteiger charge is -2.19. The summed E-state index contributed by atoms with van der Waals surface area (Å²) in [5.41, 5.74) is -2.45. The number of fused-ring (bicyclic) bond motifs is 1. The Labute approximate surface area is 71.9 Å². The number of carboxylic acid groups (broad SMARTS) is 1. The van der Waals surface area contributed by atoms with Crippen LogP contribution in [0, 0.1) is 17.3 Å². The second-order valence-electron chi connectivity index (χ2n) is 3.54. The van der Waals surface area contributed by atoms with E-state index >= 15 is 0 Å². The van der Waals surface area contributed by atoms with Gasteiger partial charge in [0.15, 0.2) is 5.41 Å². The van der Waals surface area contributed by atoms with E-state index in [1.165, 1.54) is 0 Å². The third-order valence-corrected chi connectivity index (χ3v) is 3.10. The van der Waals surface area contributed by atoms with E-state index in [0.717, 1.165) is 0 Å². The number of halogens is 3. The molecule has 1 saturated carbocycles.